The molecule has 2 aromatic heterocycles. The second kappa shape index (κ2) is 8.86. The third-order valence-corrected chi connectivity index (χ3v) is 6.23. The normalized spacial score (nSPS) is 22.1. The van der Waals surface area contributed by atoms with Gasteiger partial charge in [0.1, 0.15) is 17.7 Å². The van der Waals surface area contributed by atoms with Gasteiger partial charge in [-0.05, 0) is 19.1 Å². The van der Waals surface area contributed by atoms with Gasteiger partial charge in [0.2, 0.25) is 10.0 Å². The zero-order valence-electron chi connectivity index (χ0n) is 17.0. The van der Waals surface area contributed by atoms with Gasteiger partial charge in [0.05, 0.1) is 31.6 Å². The Morgan fingerprint density at radius 3 is 2.73 bits per heavy atom. The number of sulfonamides is 1. The molecule has 0 bridgehead atoms. The molecule has 166 valence electrons. The number of aromatic nitrogens is 2. The average molecular weight is 442 g/mol. The highest BCUT2D eigenvalue weighted by molar-refractivity contribution is 7.88. The summed E-state index contributed by atoms with van der Waals surface area (Å²) in [5, 5.41) is 13.4. The largest absolute Gasteiger partial charge is 0.463 e. The SMILES string of the molecule is Cc1cn([C@H]2C[C@H](O)[C@@H](CNCc3ccc(CN(C)S(C)(=O)=O)o3)O2)c(=O)[nH]c1=O. The first kappa shape index (κ1) is 22.4. The number of H-pyrrole nitrogens is 1. The lowest BCUT2D eigenvalue weighted by atomic mass is 10.2. The summed E-state index contributed by atoms with van der Waals surface area (Å²) in [4.78, 5) is 25.7. The van der Waals surface area contributed by atoms with Crippen LogP contribution < -0.4 is 16.6 Å². The molecule has 3 atom stereocenters. The molecule has 0 saturated carbocycles. The van der Waals surface area contributed by atoms with E-state index in [1.165, 1.54) is 22.1 Å². The van der Waals surface area contributed by atoms with Crippen LogP contribution >= 0.6 is 0 Å². The van der Waals surface area contributed by atoms with Crippen molar-refractivity contribution in [2.45, 2.75) is 44.9 Å². The van der Waals surface area contributed by atoms with Crippen molar-refractivity contribution in [2.75, 3.05) is 19.8 Å². The molecule has 3 heterocycles. The number of hydrogen-bond donors (Lipinski definition) is 3. The number of aliphatic hydroxyl groups excluding tert-OH is 1. The standard InChI is InChI=1S/C18H26N4O7S/c1-11-9-22(18(25)20-17(11)24)16-6-14(23)15(29-16)8-19-7-12-4-5-13(28-12)10-21(2)30(3,26)27/h4-5,9,14-16,19,23H,6-8,10H2,1-3H3,(H,20,24,25)/t14-,15+,16+/m0/s1. The average Bonchev–Trinajstić information content (AvgIpc) is 3.24. The summed E-state index contributed by atoms with van der Waals surface area (Å²) in [7, 11) is -1.82. The Labute approximate surface area is 173 Å². The third-order valence-electron chi connectivity index (χ3n) is 4.97. The zero-order valence-corrected chi connectivity index (χ0v) is 17.8. The number of hydrogen-bond acceptors (Lipinski definition) is 8. The first-order valence-electron chi connectivity index (χ1n) is 9.40. The summed E-state index contributed by atoms with van der Waals surface area (Å²) in [6.07, 6.45) is 0.780. The minimum absolute atomic E-state index is 0.137. The fourth-order valence-corrected chi connectivity index (χ4v) is 3.51. The van der Waals surface area contributed by atoms with Crippen LogP contribution in [0.25, 0.3) is 0 Å². The summed E-state index contributed by atoms with van der Waals surface area (Å²) < 4.78 is 36.8. The molecule has 1 fully saturated rings. The van der Waals surface area contributed by atoms with Crippen LogP contribution in [0.1, 0.15) is 29.7 Å². The smallest absolute Gasteiger partial charge is 0.330 e. The van der Waals surface area contributed by atoms with Crippen LogP contribution in [0.5, 0.6) is 0 Å². The summed E-state index contributed by atoms with van der Waals surface area (Å²) in [6.45, 7) is 2.40. The number of furan rings is 1. The van der Waals surface area contributed by atoms with E-state index < -0.39 is 39.7 Å². The quantitative estimate of drug-likeness (QED) is 0.485. The van der Waals surface area contributed by atoms with Gasteiger partial charge in [0, 0.05) is 31.8 Å². The summed E-state index contributed by atoms with van der Waals surface area (Å²) >= 11 is 0. The van der Waals surface area contributed by atoms with Gasteiger partial charge < -0.3 is 19.6 Å². The minimum atomic E-state index is -3.29. The van der Waals surface area contributed by atoms with Crippen molar-refractivity contribution in [3.05, 3.63) is 56.3 Å². The maximum atomic E-state index is 12.0. The van der Waals surface area contributed by atoms with E-state index >= 15 is 0 Å². The van der Waals surface area contributed by atoms with Gasteiger partial charge in [-0.2, -0.15) is 4.31 Å². The van der Waals surface area contributed by atoms with Crippen LogP contribution in [0.15, 0.2) is 32.3 Å². The van der Waals surface area contributed by atoms with Crippen LogP contribution in [0, 0.1) is 6.92 Å². The Morgan fingerprint density at radius 2 is 2.03 bits per heavy atom. The number of aromatic amines is 1. The fraction of sp³-hybridized carbons (Fsp3) is 0.556. The van der Waals surface area contributed by atoms with Gasteiger partial charge in [-0.25, -0.2) is 13.2 Å². The lowest BCUT2D eigenvalue weighted by Gasteiger charge is -2.16. The van der Waals surface area contributed by atoms with Crippen LogP contribution in [-0.4, -0.2) is 59.4 Å². The highest BCUT2D eigenvalue weighted by atomic mass is 32.2. The van der Waals surface area contributed by atoms with Crippen molar-refractivity contribution in [3.63, 3.8) is 0 Å². The van der Waals surface area contributed by atoms with Gasteiger partial charge in [-0.3, -0.25) is 14.3 Å². The Bertz CT molecular complexity index is 1100. The van der Waals surface area contributed by atoms with Crippen LogP contribution in [0.3, 0.4) is 0 Å². The van der Waals surface area contributed by atoms with E-state index in [1.807, 2.05) is 0 Å². The highest BCUT2D eigenvalue weighted by Crippen LogP contribution is 2.27. The first-order valence-corrected chi connectivity index (χ1v) is 11.2. The van der Waals surface area contributed by atoms with Crippen molar-refractivity contribution >= 4 is 10.0 Å². The molecule has 12 heteroatoms. The molecular formula is C18H26N4O7S. The third kappa shape index (κ3) is 5.26. The molecule has 3 rings (SSSR count). The molecule has 0 spiro atoms. The molecule has 0 radical (unpaired) electrons. The predicted molar refractivity (Wildman–Crippen MR) is 107 cm³/mol. The number of nitrogens with one attached hydrogen (secondary N) is 2. The maximum Gasteiger partial charge on any atom is 0.330 e. The zero-order chi connectivity index (χ0) is 22.1. The molecule has 3 N–H and O–H groups in total. The van der Waals surface area contributed by atoms with Gasteiger partial charge in [-0.15, -0.1) is 0 Å². The molecule has 0 aliphatic carbocycles. The lowest BCUT2D eigenvalue weighted by molar-refractivity contribution is -0.0195. The van der Waals surface area contributed by atoms with Gasteiger partial charge in [-0.1, -0.05) is 0 Å². The van der Waals surface area contributed by atoms with E-state index in [0.29, 0.717) is 30.2 Å². The van der Waals surface area contributed by atoms with E-state index in [4.69, 9.17) is 9.15 Å². The Kier molecular flexibility index (Phi) is 6.62. The fourth-order valence-electron chi connectivity index (χ4n) is 3.15. The molecule has 0 unspecified atom stereocenters. The Morgan fingerprint density at radius 1 is 1.33 bits per heavy atom. The maximum absolute atomic E-state index is 12.0. The second-order valence-electron chi connectivity index (χ2n) is 7.43. The molecular weight excluding hydrogens is 416 g/mol. The van der Waals surface area contributed by atoms with Crippen molar-refractivity contribution in [2.24, 2.45) is 0 Å². The van der Waals surface area contributed by atoms with Crippen LogP contribution in [0.2, 0.25) is 0 Å². The Balaban J connectivity index is 1.53. The van der Waals surface area contributed by atoms with Crippen molar-refractivity contribution in [1.29, 1.82) is 0 Å². The van der Waals surface area contributed by atoms with Crippen LogP contribution in [0.4, 0.5) is 0 Å². The number of ether oxygens (including phenoxy) is 1. The van der Waals surface area contributed by atoms with Crippen molar-refractivity contribution < 1.29 is 22.7 Å². The first-order chi connectivity index (χ1) is 14.0. The predicted octanol–water partition coefficient (Wildman–Crippen LogP) is -0.732. The number of nitrogens with zero attached hydrogens (tertiary/aromatic N) is 2. The lowest BCUT2D eigenvalue weighted by Crippen LogP contribution is -2.35. The Hall–Kier alpha value is -2.25. The van der Waals surface area contributed by atoms with Gasteiger partial charge in [0.15, 0.2) is 0 Å². The van der Waals surface area contributed by atoms with Crippen molar-refractivity contribution in [1.82, 2.24) is 19.2 Å². The molecule has 1 saturated heterocycles. The highest BCUT2D eigenvalue weighted by Gasteiger charge is 2.35. The number of rotatable bonds is 8. The summed E-state index contributed by atoms with van der Waals surface area (Å²) in [5.41, 5.74) is -0.656. The number of aliphatic hydroxyl groups is 1. The molecule has 1 aliphatic rings. The molecule has 1 aliphatic heterocycles. The molecule has 2 aromatic rings. The molecule has 30 heavy (non-hydrogen) atoms. The van der Waals surface area contributed by atoms with E-state index in [9.17, 15) is 23.1 Å². The van der Waals surface area contributed by atoms with E-state index in [-0.39, 0.29) is 13.0 Å². The van der Waals surface area contributed by atoms with Gasteiger partial charge in [0.25, 0.3) is 5.56 Å². The van der Waals surface area contributed by atoms with Gasteiger partial charge >= 0.3 is 5.69 Å². The summed E-state index contributed by atoms with van der Waals surface area (Å²) in [6, 6.07) is 3.45. The van der Waals surface area contributed by atoms with Crippen molar-refractivity contribution in [3.8, 4) is 0 Å². The topological polar surface area (TPSA) is 147 Å². The molecule has 0 aromatic carbocycles. The monoisotopic (exact) mass is 442 g/mol. The molecule has 11 nitrogen and oxygen atoms in total. The summed E-state index contributed by atoms with van der Waals surface area (Å²) in [5.74, 6) is 1.13. The molecule has 0 amide bonds. The van der Waals surface area contributed by atoms with E-state index in [1.54, 1.807) is 19.1 Å². The minimum Gasteiger partial charge on any atom is -0.463 e. The van der Waals surface area contributed by atoms with E-state index in [0.717, 1.165) is 6.26 Å². The van der Waals surface area contributed by atoms with Crippen LogP contribution in [-0.2, 0) is 27.8 Å². The van der Waals surface area contributed by atoms with E-state index in [2.05, 4.69) is 10.3 Å². The number of aryl methyl sites for hydroxylation is 1. The second-order valence-corrected chi connectivity index (χ2v) is 9.52.